The van der Waals surface area contributed by atoms with Crippen molar-refractivity contribution in [3.05, 3.63) is 41.2 Å². The van der Waals surface area contributed by atoms with Gasteiger partial charge in [-0.3, -0.25) is 4.68 Å². The van der Waals surface area contributed by atoms with E-state index in [0.29, 0.717) is 5.92 Å². The molecule has 0 atom stereocenters. The first-order valence-electron chi connectivity index (χ1n) is 10.7. The molecule has 29 heavy (non-hydrogen) atoms. The first-order chi connectivity index (χ1) is 14.2. The van der Waals surface area contributed by atoms with E-state index in [1.165, 1.54) is 65.3 Å². The quantitative estimate of drug-likeness (QED) is 0.467. The zero-order valence-corrected chi connectivity index (χ0v) is 18.8. The lowest BCUT2D eigenvalue weighted by Crippen LogP contribution is -2.03. The van der Waals surface area contributed by atoms with Gasteiger partial charge in [0.1, 0.15) is 5.82 Å². The van der Waals surface area contributed by atoms with Gasteiger partial charge in [-0.1, -0.05) is 25.3 Å². The highest BCUT2D eigenvalue weighted by Gasteiger charge is 2.25. The summed E-state index contributed by atoms with van der Waals surface area (Å²) in [5, 5.41) is 10.1. The van der Waals surface area contributed by atoms with Gasteiger partial charge in [0, 0.05) is 46.6 Å². The van der Waals surface area contributed by atoms with Crippen molar-refractivity contribution in [1.82, 2.24) is 14.8 Å². The van der Waals surface area contributed by atoms with E-state index in [9.17, 15) is 0 Å². The highest BCUT2D eigenvalue weighted by atomic mass is 32.2. The van der Waals surface area contributed by atoms with Gasteiger partial charge >= 0.3 is 0 Å². The molecule has 5 rings (SSSR count). The third-order valence-electron chi connectivity index (χ3n) is 5.82. The van der Waals surface area contributed by atoms with Crippen molar-refractivity contribution in [2.45, 2.75) is 67.9 Å². The fourth-order valence-electron chi connectivity index (χ4n) is 4.09. The third-order valence-corrected chi connectivity index (χ3v) is 8.41. The number of hydrogen-bond donors (Lipinski definition) is 1. The molecule has 2 aliphatic carbocycles. The first-order valence-corrected chi connectivity index (χ1v) is 12.4. The standard InChI is InChI=1S/C23H28N4S2/c1-15-12-22(27(2)26-15)25-17-8-11-19(20(13-17)28-18-9-10-18)21-14-24-23(29-21)16-6-4-3-5-7-16/h8,11-14,16,18,25H,3-7,9-10H2,1-2H3. The highest BCUT2D eigenvalue weighted by molar-refractivity contribution is 8.00. The fraction of sp³-hybridized carbons (Fsp3) is 0.478. The molecule has 0 radical (unpaired) electrons. The van der Waals surface area contributed by atoms with Gasteiger partial charge in [0.05, 0.1) is 15.6 Å². The molecule has 152 valence electrons. The summed E-state index contributed by atoms with van der Waals surface area (Å²) in [6.07, 6.45) is 11.5. The second kappa shape index (κ2) is 8.15. The van der Waals surface area contributed by atoms with Gasteiger partial charge in [0.15, 0.2) is 0 Å². The number of thiazole rings is 1. The Hall–Kier alpha value is -1.79. The predicted octanol–water partition coefficient (Wildman–Crippen LogP) is 6.90. The van der Waals surface area contributed by atoms with Gasteiger partial charge < -0.3 is 5.32 Å². The summed E-state index contributed by atoms with van der Waals surface area (Å²) in [4.78, 5) is 7.53. The van der Waals surface area contributed by atoms with Gasteiger partial charge in [0.25, 0.3) is 0 Å². The smallest absolute Gasteiger partial charge is 0.128 e. The van der Waals surface area contributed by atoms with E-state index in [1.54, 1.807) is 0 Å². The molecule has 0 amide bonds. The number of thioether (sulfide) groups is 1. The van der Waals surface area contributed by atoms with Crippen LogP contribution in [-0.4, -0.2) is 20.0 Å². The summed E-state index contributed by atoms with van der Waals surface area (Å²) in [7, 11) is 1.98. The molecule has 0 bridgehead atoms. The van der Waals surface area contributed by atoms with Crippen molar-refractivity contribution in [1.29, 1.82) is 0 Å². The van der Waals surface area contributed by atoms with Crippen LogP contribution in [0.4, 0.5) is 11.5 Å². The van der Waals surface area contributed by atoms with Crippen molar-refractivity contribution in [2.24, 2.45) is 7.05 Å². The monoisotopic (exact) mass is 424 g/mol. The number of aromatic nitrogens is 3. The van der Waals surface area contributed by atoms with Crippen LogP contribution in [-0.2, 0) is 7.05 Å². The molecule has 0 saturated heterocycles. The molecular formula is C23H28N4S2. The maximum atomic E-state index is 4.84. The van der Waals surface area contributed by atoms with Crippen LogP contribution >= 0.6 is 23.1 Å². The van der Waals surface area contributed by atoms with Crippen LogP contribution in [0.25, 0.3) is 10.4 Å². The van der Waals surface area contributed by atoms with Crippen molar-refractivity contribution in [3.8, 4) is 10.4 Å². The summed E-state index contributed by atoms with van der Waals surface area (Å²) in [5.74, 6) is 1.70. The van der Waals surface area contributed by atoms with Gasteiger partial charge in [-0.25, -0.2) is 4.98 Å². The number of rotatable bonds is 6. The van der Waals surface area contributed by atoms with E-state index < -0.39 is 0 Å². The van der Waals surface area contributed by atoms with Crippen molar-refractivity contribution in [3.63, 3.8) is 0 Å². The van der Waals surface area contributed by atoms with E-state index in [0.717, 1.165) is 22.4 Å². The Bertz CT molecular complexity index is 996. The molecule has 2 heterocycles. The maximum absolute atomic E-state index is 4.84. The number of nitrogens with zero attached hydrogens (tertiary/aromatic N) is 3. The Morgan fingerprint density at radius 1 is 1.10 bits per heavy atom. The minimum Gasteiger partial charge on any atom is -0.340 e. The fourth-order valence-corrected chi connectivity index (χ4v) is 6.51. The number of hydrogen-bond acceptors (Lipinski definition) is 5. The van der Waals surface area contributed by atoms with Gasteiger partial charge in [0.2, 0.25) is 0 Å². The third kappa shape index (κ3) is 4.38. The van der Waals surface area contributed by atoms with Crippen LogP contribution in [0.1, 0.15) is 61.6 Å². The maximum Gasteiger partial charge on any atom is 0.128 e. The van der Waals surface area contributed by atoms with Crippen molar-refractivity contribution in [2.75, 3.05) is 5.32 Å². The summed E-state index contributed by atoms with van der Waals surface area (Å²) in [6.45, 7) is 2.02. The molecule has 6 heteroatoms. The zero-order chi connectivity index (χ0) is 19.8. The van der Waals surface area contributed by atoms with E-state index >= 15 is 0 Å². The van der Waals surface area contributed by atoms with Crippen LogP contribution in [0.5, 0.6) is 0 Å². The molecule has 3 aromatic rings. The summed E-state index contributed by atoms with van der Waals surface area (Å²) in [6, 6.07) is 8.85. The molecule has 4 nitrogen and oxygen atoms in total. The molecule has 0 aliphatic heterocycles. The van der Waals surface area contributed by atoms with Crippen molar-refractivity contribution >= 4 is 34.6 Å². The molecule has 0 spiro atoms. The average Bonchev–Trinajstić information content (AvgIpc) is 3.29. The van der Waals surface area contributed by atoms with Crippen LogP contribution in [0, 0.1) is 6.92 Å². The SMILES string of the molecule is Cc1cc(Nc2ccc(-c3cnc(C4CCCCC4)s3)c(SC3CC3)c2)n(C)n1. The lowest BCUT2D eigenvalue weighted by atomic mass is 9.90. The van der Waals surface area contributed by atoms with Crippen molar-refractivity contribution < 1.29 is 0 Å². The summed E-state index contributed by atoms with van der Waals surface area (Å²) >= 11 is 3.94. The van der Waals surface area contributed by atoms with Gasteiger partial charge in [-0.2, -0.15) is 5.10 Å². The molecule has 1 N–H and O–H groups in total. The van der Waals surface area contributed by atoms with E-state index in [2.05, 4.69) is 40.9 Å². The Morgan fingerprint density at radius 3 is 2.66 bits per heavy atom. The predicted molar refractivity (Wildman–Crippen MR) is 123 cm³/mol. The minimum atomic E-state index is 0.677. The van der Waals surface area contributed by atoms with Crippen LogP contribution in [0.2, 0.25) is 0 Å². The highest BCUT2D eigenvalue weighted by Crippen LogP contribution is 2.46. The zero-order valence-electron chi connectivity index (χ0n) is 17.1. The second-order valence-corrected chi connectivity index (χ2v) is 10.7. The van der Waals surface area contributed by atoms with E-state index in [1.807, 2.05) is 41.8 Å². The molecule has 2 saturated carbocycles. The molecule has 2 aromatic heterocycles. The number of nitrogens with one attached hydrogen (secondary N) is 1. The molecule has 2 fully saturated rings. The summed E-state index contributed by atoms with van der Waals surface area (Å²) < 4.78 is 1.90. The molecule has 0 unspecified atom stereocenters. The molecular weight excluding hydrogens is 396 g/mol. The largest absolute Gasteiger partial charge is 0.340 e. The Morgan fingerprint density at radius 2 is 1.93 bits per heavy atom. The Kier molecular flexibility index (Phi) is 5.39. The molecule has 2 aliphatic rings. The van der Waals surface area contributed by atoms with E-state index in [-0.39, 0.29) is 0 Å². The average molecular weight is 425 g/mol. The lowest BCUT2D eigenvalue weighted by molar-refractivity contribution is 0.442. The normalized spacial score (nSPS) is 17.6. The van der Waals surface area contributed by atoms with Crippen LogP contribution < -0.4 is 5.32 Å². The van der Waals surface area contributed by atoms with E-state index in [4.69, 9.17) is 4.98 Å². The Labute approximate surface area is 181 Å². The first kappa shape index (κ1) is 19.2. The number of aryl methyl sites for hydroxylation is 2. The van der Waals surface area contributed by atoms with Gasteiger partial charge in [-0.15, -0.1) is 23.1 Å². The van der Waals surface area contributed by atoms with Gasteiger partial charge in [-0.05, 0) is 44.7 Å². The Balaban J connectivity index is 1.43. The second-order valence-electron chi connectivity index (χ2n) is 8.35. The molecule has 1 aromatic carbocycles. The lowest BCUT2D eigenvalue weighted by Gasteiger charge is -2.18. The topological polar surface area (TPSA) is 42.7 Å². The van der Waals surface area contributed by atoms with Crippen LogP contribution in [0.15, 0.2) is 35.4 Å². The minimum absolute atomic E-state index is 0.677. The summed E-state index contributed by atoms with van der Waals surface area (Å²) in [5.41, 5.74) is 3.49. The number of anilines is 2. The number of benzene rings is 1. The van der Waals surface area contributed by atoms with Crippen LogP contribution in [0.3, 0.4) is 0 Å².